The largest absolute Gasteiger partial charge is 0.346 e. The summed E-state index contributed by atoms with van der Waals surface area (Å²) in [4.78, 5) is 7.75. The molecule has 0 aliphatic heterocycles. The zero-order valence-electron chi connectivity index (χ0n) is 8.94. The van der Waals surface area contributed by atoms with Gasteiger partial charge in [-0.2, -0.15) is 0 Å². The summed E-state index contributed by atoms with van der Waals surface area (Å²) in [6.45, 7) is 9.16. The van der Waals surface area contributed by atoms with E-state index >= 15 is 0 Å². The van der Waals surface area contributed by atoms with Gasteiger partial charge in [-0.25, -0.2) is 4.98 Å². The molecular weight excluding hydrogens is 162 g/mol. The summed E-state index contributed by atoms with van der Waals surface area (Å²) in [5.74, 6) is 0.980. The number of imidazole rings is 1. The quantitative estimate of drug-likeness (QED) is 0.726. The highest BCUT2D eigenvalue weighted by Crippen LogP contribution is 2.23. The fraction of sp³-hybridized carbons (Fsp3) is 0.700. The number of rotatable bonds is 2. The van der Waals surface area contributed by atoms with Gasteiger partial charge in [0.2, 0.25) is 0 Å². The standard InChI is InChI=1S/C10H19N3/c1-7-12-8(5-6-11)9(13-7)10(2,3)4/h5-6,11H2,1-4H3,(H,12,13). The SMILES string of the molecule is Cc1nc(C(C)(C)C)c(CCN)[nH]1. The third-order valence-corrected chi connectivity index (χ3v) is 2.00. The highest BCUT2D eigenvalue weighted by atomic mass is 14.9. The van der Waals surface area contributed by atoms with E-state index in [4.69, 9.17) is 5.73 Å². The molecule has 0 bridgehead atoms. The highest BCUT2D eigenvalue weighted by Gasteiger charge is 2.21. The third kappa shape index (κ3) is 2.31. The van der Waals surface area contributed by atoms with Crippen LogP contribution in [0.15, 0.2) is 0 Å². The topological polar surface area (TPSA) is 54.7 Å². The highest BCUT2D eigenvalue weighted by molar-refractivity contribution is 5.22. The predicted molar refractivity (Wildman–Crippen MR) is 54.8 cm³/mol. The molecule has 1 rings (SSSR count). The predicted octanol–water partition coefficient (Wildman–Crippen LogP) is 1.52. The Hall–Kier alpha value is -0.830. The maximum atomic E-state index is 5.53. The van der Waals surface area contributed by atoms with E-state index in [0.29, 0.717) is 6.54 Å². The van der Waals surface area contributed by atoms with Crippen LogP contribution in [0.25, 0.3) is 0 Å². The number of aromatic nitrogens is 2. The van der Waals surface area contributed by atoms with Crippen LogP contribution in [0.2, 0.25) is 0 Å². The lowest BCUT2D eigenvalue weighted by atomic mass is 9.90. The van der Waals surface area contributed by atoms with E-state index < -0.39 is 0 Å². The Morgan fingerprint density at radius 1 is 1.38 bits per heavy atom. The van der Waals surface area contributed by atoms with Crippen molar-refractivity contribution >= 4 is 0 Å². The van der Waals surface area contributed by atoms with Crippen LogP contribution in [0.1, 0.15) is 38.0 Å². The van der Waals surface area contributed by atoms with Gasteiger partial charge in [0.15, 0.2) is 0 Å². The van der Waals surface area contributed by atoms with Gasteiger partial charge in [-0.1, -0.05) is 20.8 Å². The molecule has 0 amide bonds. The van der Waals surface area contributed by atoms with E-state index in [-0.39, 0.29) is 5.41 Å². The average Bonchev–Trinajstić information content (AvgIpc) is 2.30. The van der Waals surface area contributed by atoms with Crippen molar-refractivity contribution in [2.24, 2.45) is 5.73 Å². The van der Waals surface area contributed by atoms with Gasteiger partial charge in [0.05, 0.1) is 5.69 Å². The molecule has 0 fully saturated rings. The number of nitrogens with zero attached hydrogens (tertiary/aromatic N) is 1. The van der Waals surface area contributed by atoms with Gasteiger partial charge in [-0.15, -0.1) is 0 Å². The number of hydrogen-bond acceptors (Lipinski definition) is 2. The second kappa shape index (κ2) is 3.50. The van der Waals surface area contributed by atoms with Crippen molar-refractivity contribution in [1.82, 2.24) is 9.97 Å². The first kappa shape index (κ1) is 10.3. The molecule has 0 aliphatic rings. The maximum absolute atomic E-state index is 5.53. The molecule has 1 aromatic rings. The first-order valence-electron chi connectivity index (χ1n) is 4.71. The van der Waals surface area contributed by atoms with Crippen LogP contribution in [0, 0.1) is 6.92 Å². The van der Waals surface area contributed by atoms with Crippen molar-refractivity contribution in [2.45, 2.75) is 39.5 Å². The molecule has 0 aliphatic carbocycles. The molecule has 0 spiro atoms. The summed E-state index contributed by atoms with van der Waals surface area (Å²) in [6.07, 6.45) is 0.882. The fourth-order valence-electron chi connectivity index (χ4n) is 1.49. The van der Waals surface area contributed by atoms with Crippen molar-refractivity contribution < 1.29 is 0 Å². The van der Waals surface area contributed by atoms with Crippen LogP contribution in [0.4, 0.5) is 0 Å². The average molecular weight is 181 g/mol. The molecule has 74 valence electrons. The summed E-state index contributed by atoms with van der Waals surface area (Å²) in [7, 11) is 0. The van der Waals surface area contributed by atoms with Crippen LogP contribution >= 0.6 is 0 Å². The number of hydrogen-bond donors (Lipinski definition) is 2. The van der Waals surface area contributed by atoms with Gasteiger partial charge < -0.3 is 10.7 Å². The van der Waals surface area contributed by atoms with Gasteiger partial charge in [0.25, 0.3) is 0 Å². The molecular formula is C10H19N3. The number of aryl methyl sites for hydroxylation is 1. The minimum atomic E-state index is 0.106. The summed E-state index contributed by atoms with van der Waals surface area (Å²) >= 11 is 0. The van der Waals surface area contributed by atoms with E-state index in [1.54, 1.807) is 0 Å². The van der Waals surface area contributed by atoms with Gasteiger partial charge >= 0.3 is 0 Å². The lowest BCUT2D eigenvalue weighted by Gasteiger charge is -2.17. The molecule has 0 atom stereocenters. The summed E-state index contributed by atoms with van der Waals surface area (Å²) in [6, 6.07) is 0. The molecule has 3 nitrogen and oxygen atoms in total. The molecule has 1 heterocycles. The second-order valence-electron chi connectivity index (χ2n) is 4.44. The first-order chi connectivity index (χ1) is 5.95. The molecule has 0 radical (unpaired) electrons. The summed E-state index contributed by atoms with van der Waals surface area (Å²) in [5, 5.41) is 0. The van der Waals surface area contributed by atoms with E-state index in [1.165, 1.54) is 5.69 Å². The number of H-pyrrole nitrogens is 1. The lowest BCUT2D eigenvalue weighted by molar-refractivity contribution is 0.563. The minimum absolute atomic E-state index is 0.106. The smallest absolute Gasteiger partial charge is 0.103 e. The Morgan fingerprint density at radius 2 is 2.00 bits per heavy atom. The lowest BCUT2D eigenvalue weighted by Crippen LogP contribution is -2.16. The number of nitrogens with one attached hydrogen (secondary N) is 1. The van der Waals surface area contributed by atoms with Gasteiger partial charge in [0.1, 0.15) is 5.82 Å². The molecule has 0 aromatic carbocycles. The third-order valence-electron chi connectivity index (χ3n) is 2.00. The van der Waals surface area contributed by atoms with Gasteiger partial charge in [0, 0.05) is 17.5 Å². The Bertz CT molecular complexity index is 281. The van der Waals surface area contributed by atoms with Crippen LogP contribution in [-0.4, -0.2) is 16.5 Å². The Kier molecular flexibility index (Phi) is 2.76. The molecule has 3 N–H and O–H groups in total. The zero-order chi connectivity index (χ0) is 10.1. The minimum Gasteiger partial charge on any atom is -0.346 e. The van der Waals surface area contributed by atoms with Crippen LogP contribution in [0.5, 0.6) is 0 Å². The normalized spacial score (nSPS) is 12.1. The monoisotopic (exact) mass is 181 g/mol. The van der Waals surface area contributed by atoms with Crippen LogP contribution < -0.4 is 5.73 Å². The van der Waals surface area contributed by atoms with Crippen molar-refractivity contribution in [2.75, 3.05) is 6.54 Å². The van der Waals surface area contributed by atoms with E-state index in [9.17, 15) is 0 Å². The van der Waals surface area contributed by atoms with E-state index in [0.717, 1.165) is 17.9 Å². The first-order valence-corrected chi connectivity index (χ1v) is 4.71. The van der Waals surface area contributed by atoms with Gasteiger partial charge in [-0.3, -0.25) is 0 Å². The van der Waals surface area contributed by atoms with Crippen LogP contribution in [-0.2, 0) is 11.8 Å². The van der Waals surface area contributed by atoms with Crippen molar-refractivity contribution in [3.63, 3.8) is 0 Å². The van der Waals surface area contributed by atoms with E-state index in [2.05, 4.69) is 30.7 Å². The number of nitrogens with two attached hydrogens (primary N) is 1. The van der Waals surface area contributed by atoms with Crippen molar-refractivity contribution in [3.05, 3.63) is 17.2 Å². The molecule has 1 aromatic heterocycles. The zero-order valence-corrected chi connectivity index (χ0v) is 8.94. The summed E-state index contributed by atoms with van der Waals surface area (Å²) < 4.78 is 0. The molecule has 3 heteroatoms. The van der Waals surface area contributed by atoms with Crippen LogP contribution in [0.3, 0.4) is 0 Å². The Labute approximate surface area is 79.8 Å². The number of aromatic amines is 1. The summed E-state index contributed by atoms with van der Waals surface area (Å²) in [5.41, 5.74) is 7.98. The fourth-order valence-corrected chi connectivity index (χ4v) is 1.49. The van der Waals surface area contributed by atoms with E-state index in [1.807, 2.05) is 6.92 Å². The van der Waals surface area contributed by atoms with Crippen molar-refractivity contribution in [3.8, 4) is 0 Å². The Morgan fingerprint density at radius 3 is 2.46 bits per heavy atom. The maximum Gasteiger partial charge on any atom is 0.103 e. The van der Waals surface area contributed by atoms with Gasteiger partial charge in [-0.05, 0) is 13.5 Å². The Balaban J connectivity index is 3.04. The second-order valence-corrected chi connectivity index (χ2v) is 4.44. The van der Waals surface area contributed by atoms with Crippen molar-refractivity contribution in [1.29, 1.82) is 0 Å². The molecule has 0 saturated carbocycles. The molecule has 0 unspecified atom stereocenters. The molecule has 0 saturated heterocycles. The molecule has 13 heavy (non-hydrogen) atoms.